The largest absolute Gasteiger partial charge is 0.325 e. The molecule has 0 aliphatic carbocycles. The van der Waals surface area contributed by atoms with E-state index >= 15 is 0 Å². The van der Waals surface area contributed by atoms with Crippen LogP contribution in [0.5, 0.6) is 0 Å². The third-order valence-corrected chi connectivity index (χ3v) is 1.47. The van der Waals surface area contributed by atoms with Gasteiger partial charge in [-0.3, -0.25) is 0 Å². The Labute approximate surface area is 63.7 Å². The summed E-state index contributed by atoms with van der Waals surface area (Å²) < 4.78 is 3.70. The van der Waals surface area contributed by atoms with Crippen molar-refractivity contribution in [2.45, 2.75) is 13.0 Å². The quantitative estimate of drug-likeness (QED) is 0.690. The third-order valence-electron chi connectivity index (χ3n) is 0.947. The Hall–Kier alpha value is -0.740. The number of aromatic nitrogens is 2. The molecule has 0 aliphatic heterocycles. The van der Waals surface area contributed by atoms with Crippen LogP contribution in [0.25, 0.3) is 6.08 Å². The van der Waals surface area contributed by atoms with E-state index in [0.29, 0.717) is 0 Å². The molecule has 0 fully saturated rings. The van der Waals surface area contributed by atoms with Crippen LogP contribution < -0.4 is 5.73 Å². The molecule has 1 heterocycles. The van der Waals surface area contributed by atoms with Gasteiger partial charge < -0.3 is 5.73 Å². The minimum atomic E-state index is 0.0849. The molecule has 0 spiro atoms. The van der Waals surface area contributed by atoms with Gasteiger partial charge in [0.15, 0.2) is 0 Å². The number of hydrogen-bond acceptors (Lipinski definition) is 4. The van der Waals surface area contributed by atoms with Crippen molar-refractivity contribution in [2.24, 2.45) is 5.73 Å². The number of rotatable bonds is 2. The summed E-state index contributed by atoms with van der Waals surface area (Å²) in [4.78, 5) is 0. The van der Waals surface area contributed by atoms with Crippen LogP contribution >= 0.6 is 11.5 Å². The predicted octanol–water partition coefficient (Wildman–Crippen LogP) is 0.899. The molecule has 1 unspecified atom stereocenters. The van der Waals surface area contributed by atoms with Gasteiger partial charge in [-0.05, 0) is 24.5 Å². The molecule has 54 valence electrons. The van der Waals surface area contributed by atoms with Crippen molar-refractivity contribution in [3.63, 3.8) is 0 Å². The summed E-state index contributed by atoms with van der Waals surface area (Å²) in [6, 6.07) is 0.0849. The highest BCUT2D eigenvalue weighted by atomic mass is 32.1. The Morgan fingerprint density at radius 3 is 3.10 bits per heavy atom. The molecule has 0 aliphatic rings. The zero-order chi connectivity index (χ0) is 7.40. The molecule has 3 nitrogen and oxygen atoms in total. The van der Waals surface area contributed by atoms with Crippen molar-refractivity contribution in [1.82, 2.24) is 9.59 Å². The van der Waals surface area contributed by atoms with Gasteiger partial charge in [0, 0.05) is 11.4 Å². The van der Waals surface area contributed by atoms with Crippen molar-refractivity contribution in [3.05, 3.63) is 17.2 Å². The van der Waals surface area contributed by atoms with Gasteiger partial charge in [0.1, 0.15) is 0 Å². The first-order valence-corrected chi connectivity index (χ1v) is 3.83. The van der Waals surface area contributed by atoms with Crippen LogP contribution in [0.1, 0.15) is 12.6 Å². The van der Waals surface area contributed by atoms with Gasteiger partial charge in [-0.15, -0.1) is 5.10 Å². The number of nitrogens with two attached hydrogens (primary N) is 1. The molecular formula is C6H9N3S. The molecule has 0 saturated carbocycles. The highest BCUT2D eigenvalue weighted by Crippen LogP contribution is 1.99. The fourth-order valence-corrected chi connectivity index (χ4v) is 0.917. The predicted molar refractivity (Wildman–Crippen MR) is 42.6 cm³/mol. The topological polar surface area (TPSA) is 51.8 Å². The average molecular weight is 155 g/mol. The first-order chi connectivity index (χ1) is 4.79. The molecule has 1 atom stereocenters. The number of hydrogen-bond donors (Lipinski definition) is 1. The smallest absolute Gasteiger partial charge is 0.0979 e. The Balaban J connectivity index is 2.55. The lowest BCUT2D eigenvalue weighted by Gasteiger charge is -1.90. The summed E-state index contributed by atoms with van der Waals surface area (Å²) in [5.41, 5.74) is 6.35. The van der Waals surface area contributed by atoms with Gasteiger partial charge in [-0.25, -0.2) is 0 Å². The molecule has 0 saturated heterocycles. The van der Waals surface area contributed by atoms with E-state index in [9.17, 15) is 0 Å². The maximum absolute atomic E-state index is 5.48. The molecular weight excluding hydrogens is 146 g/mol. The highest BCUT2D eigenvalue weighted by molar-refractivity contribution is 7.03. The summed E-state index contributed by atoms with van der Waals surface area (Å²) in [7, 11) is 0. The molecule has 1 aromatic rings. The fraction of sp³-hybridized carbons (Fsp3) is 0.333. The lowest BCUT2D eigenvalue weighted by atomic mass is 10.3. The van der Waals surface area contributed by atoms with E-state index in [1.165, 1.54) is 11.5 Å². The van der Waals surface area contributed by atoms with Crippen molar-refractivity contribution >= 4 is 17.6 Å². The van der Waals surface area contributed by atoms with E-state index in [1.807, 2.05) is 24.5 Å². The van der Waals surface area contributed by atoms with E-state index in [1.54, 1.807) is 0 Å². The SMILES string of the molecule is CC(N)/C=C/c1csnn1. The molecule has 2 N–H and O–H groups in total. The lowest BCUT2D eigenvalue weighted by molar-refractivity contribution is 0.930. The van der Waals surface area contributed by atoms with E-state index in [-0.39, 0.29) is 6.04 Å². The van der Waals surface area contributed by atoms with Crippen molar-refractivity contribution < 1.29 is 0 Å². The third kappa shape index (κ3) is 2.24. The fourth-order valence-electron chi connectivity index (χ4n) is 0.495. The molecule has 10 heavy (non-hydrogen) atoms. The van der Waals surface area contributed by atoms with E-state index in [4.69, 9.17) is 5.73 Å². The van der Waals surface area contributed by atoms with Crippen LogP contribution in [0.15, 0.2) is 11.5 Å². The summed E-state index contributed by atoms with van der Waals surface area (Å²) >= 11 is 1.34. The van der Waals surface area contributed by atoms with Crippen molar-refractivity contribution in [1.29, 1.82) is 0 Å². The van der Waals surface area contributed by atoms with Gasteiger partial charge in [0.25, 0.3) is 0 Å². The van der Waals surface area contributed by atoms with Gasteiger partial charge >= 0.3 is 0 Å². The molecule has 4 heteroatoms. The van der Waals surface area contributed by atoms with Crippen molar-refractivity contribution in [2.75, 3.05) is 0 Å². The van der Waals surface area contributed by atoms with Crippen LogP contribution in [-0.2, 0) is 0 Å². The zero-order valence-corrected chi connectivity index (χ0v) is 6.51. The molecule has 0 aromatic carbocycles. The monoisotopic (exact) mass is 155 g/mol. The van der Waals surface area contributed by atoms with Gasteiger partial charge in [0.2, 0.25) is 0 Å². The minimum absolute atomic E-state index is 0.0849. The zero-order valence-electron chi connectivity index (χ0n) is 5.69. The normalized spacial score (nSPS) is 14.2. The first-order valence-electron chi connectivity index (χ1n) is 3.00. The van der Waals surface area contributed by atoms with E-state index < -0.39 is 0 Å². The molecule has 0 bridgehead atoms. The van der Waals surface area contributed by atoms with Gasteiger partial charge in [0.05, 0.1) is 5.69 Å². The lowest BCUT2D eigenvalue weighted by Crippen LogP contribution is -2.09. The van der Waals surface area contributed by atoms with Crippen LogP contribution in [0.2, 0.25) is 0 Å². The van der Waals surface area contributed by atoms with Crippen LogP contribution in [0.3, 0.4) is 0 Å². The minimum Gasteiger partial charge on any atom is -0.325 e. The maximum atomic E-state index is 5.48. The number of nitrogens with zero attached hydrogens (tertiary/aromatic N) is 2. The second-order valence-electron chi connectivity index (χ2n) is 2.05. The molecule has 0 amide bonds. The van der Waals surface area contributed by atoms with Crippen molar-refractivity contribution in [3.8, 4) is 0 Å². The van der Waals surface area contributed by atoms with Gasteiger partial charge in [-0.1, -0.05) is 10.6 Å². The Bertz CT molecular complexity index is 203. The van der Waals surface area contributed by atoms with Crippen LogP contribution in [-0.4, -0.2) is 15.6 Å². The van der Waals surface area contributed by atoms with E-state index in [2.05, 4.69) is 9.59 Å². The van der Waals surface area contributed by atoms with E-state index in [0.717, 1.165) is 5.69 Å². The van der Waals surface area contributed by atoms with Crippen LogP contribution in [0.4, 0.5) is 0 Å². The molecule has 0 radical (unpaired) electrons. The Morgan fingerprint density at radius 2 is 2.60 bits per heavy atom. The van der Waals surface area contributed by atoms with Crippen LogP contribution in [0, 0.1) is 0 Å². The second kappa shape index (κ2) is 3.43. The highest BCUT2D eigenvalue weighted by Gasteiger charge is 1.88. The Kier molecular flexibility index (Phi) is 2.53. The Morgan fingerprint density at radius 1 is 1.80 bits per heavy atom. The first kappa shape index (κ1) is 7.37. The van der Waals surface area contributed by atoms with Gasteiger partial charge in [-0.2, -0.15) is 0 Å². The molecule has 1 aromatic heterocycles. The summed E-state index contributed by atoms with van der Waals surface area (Å²) in [6.45, 7) is 1.91. The summed E-state index contributed by atoms with van der Waals surface area (Å²) in [5.74, 6) is 0. The maximum Gasteiger partial charge on any atom is 0.0979 e. The summed E-state index contributed by atoms with van der Waals surface area (Å²) in [5, 5.41) is 5.69. The summed E-state index contributed by atoms with van der Waals surface area (Å²) in [6.07, 6.45) is 3.75. The average Bonchev–Trinajstić information content (AvgIpc) is 2.34. The second-order valence-corrected chi connectivity index (χ2v) is 2.66. The molecule has 1 rings (SSSR count). The standard InChI is InChI=1S/C6H9N3S/c1-5(7)2-3-6-4-10-9-8-6/h2-5H,7H2,1H3/b3-2+.